The van der Waals surface area contributed by atoms with Gasteiger partial charge in [-0.05, 0) is 98.7 Å². The first-order valence-electron chi connectivity index (χ1n) is 25.4. The molecule has 8 aromatic rings. The van der Waals surface area contributed by atoms with E-state index in [2.05, 4.69) is 102 Å². The molecule has 0 N–H and O–H groups in total. The first-order valence-corrected chi connectivity index (χ1v) is 25.4. The molecule has 3 saturated heterocycles. The van der Waals surface area contributed by atoms with Gasteiger partial charge in [-0.15, -0.1) is 0 Å². The van der Waals surface area contributed by atoms with Crippen LogP contribution >= 0.6 is 0 Å². The van der Waals surface area contributed by atoms with Crippen molar-refractivity contribution in [3.05, 3.63) is 179 Å². The molecule has 12 heteroatoms. The Bertz CT molecular complexity index is 3190. The lowest BCUT2D eigenvalue weighted by Gasteiger charge is -2.36. The number of aromatic nitrogens is 4. The molecule has 3 aliphatic heterocycles. The van der Waals surface area contributed by atoms with Crippen LogP contribution in [0.2, 0.25) is 0 Å². The Labute approximate surface area is 419 Å². The van der Waals surface area contributed by atoms with Gasteiger partial charge in [-0.25, -0.2) is 9.18 Å². The van der Waals surface area contributed by atoms with Gasteiger partial charge in [-0.2, -0.15) is 15.1 Å². The average Bonchev–Trinajstić information content (AvgIpc) is 3.69. The van der Waals surface area contributed by atoms with Crippen LogP contribution in [0.15, 0.2) is 140 Å². The zero-order chi connectivity index (χ0) is 49.1. The molecule has 12 rings (SSSR count). The molecule has 5 heterocycles. The molecule has 0 unspecified atom stereocenters. The molecular weight excluding hydrogens is 904 g/mol. The van der Waals surface area contributed by atoms with Crippen molar-refractivity contribution in [2.45, 2.75) is 89.1 Å². The molecule has 1 amide bonds. The maximum atomic E-state index is 17.2. The van der Waals surface area contributed by atoms with Crippen LogP contribution in [-0.2, 0) is 21.6 Å². The minimum Gasteiger partial charge on any atom is -0.486 e. The highest BCUT2D eigenvalue weighted by Gasteiger charge is 2.48. The SMILES string of the molecule is Cc1c(F)cc2nn(C(c3ccccc3)(c3ccccc3)c3ccccc3)cc2c1-c1c(C2CC2)cc2c(N3C[C@@H]4C[C@H]3CN4C(=O)OC(C)(C)C)nc(OC[C@@H]3CCOC3)nc2c1OCc1ccccc1. The van der Waals surface area contributed by atoms with E-state index < -0.39 is 11.1 Å². The van der Waals surface area contributed by atoms with Gasteiger partial charge in [0.2, 0.25) is 0 Å². The molecule has 1 aliphatic carbocycles. The Kier molecular flexibility index (Phi) is 11.7. The Morgan fingerprint density at radius 2 is 1.42 bits per heavy atom. The van der Waals surface area contributed by atoms with Gasteiger partial charge in [0.15, 0.2) is 5.75 Å². The van der Waals surface area contributed by atoms with Crippen molar-refractivity contribution in [2.24, 2.45) is 5.92 Å². The summed E-state index contributed by atoms with van der Waals surface area (Å²) in [6.45, 7) is 10.6. The molecular formula is C60H59FN6O5. The number of nitrogens with zero attached hydrogens (tertiary/aromatic N) is 6. The second-order valence-corrected chi connectivity index (χ2v) is 21.0. The van der Waals surface area contributed by atoms with Crippen molar-refractivity contribution >= 4 is 33.7 Å². The van der Waals surface area contributed by atoms with Gasteiger partial charge >= 0.3 is 12.1 Å². The van der Waals surface area contributed by atoms with E-state index in [1.165, 1.54) is 0 Å². The number of carbonyl (C=O) groups excluding carboxylic acids is 1. The van der Waals surface area contributed by atoms with Crippen molar-refractivity contribution in [2.75, 3.05) is 37.8 Å². The summed E-state index contributed by atoms with van der Waals surface area (Å²) >= 11 is 0. The standard InChI is InChI=1S/C60H59FN6O5/c1-38-50(61)31-51-49(34-67(64-51)60(42-19-11-6-12-20-42,43-21-13-7-14-22-43)44-23-15-8-16-24-44)52(38)53-47(41-25-26-41)30-48-54(55(53)70-36-39-17-9-5-10-18-39)62-57(71-37-40-27-28-69-35-40)63-56(48)65-32-46-29-45(65)33-66(46)58(68)72-59(2,3)4/h5-24,30-31,34,40-41,45-46H,25-29,32-33,35-37H2,1-4H3/t40-,45+,46+/m1/s1. The van der Waals surface area contributed by atoms with Gasteiger partial charge in [-0.3, -0.25) is 4.68 Å². The van der Waals surface area contributed by atoms with Crippen LogP contribution < -0.4 is 14.4 Å². The number of likely N-dealkylation sites (tertiary alicyclic amines) is 1. The van der Waals surface area contributed by atoms with Crippen molar-refractivity contribution < 1.29 is 28.1 Å². The summed E-state index contributed by atoms with van der Waals surface area (Å²) in [5.41, 5.74) is 6.61. The van der Waals surface area contributed by atoms with Gasteiger partial charge < -0.3 is 28.7 Å². The third-order valence-corrected chi connectivity index (χ3v) is 15.0. The Hall–Kier alpha value is -7.31. The number of carbonyl (C=O) groups is 1. The Morgan fingerprint density at radius 3 is 2.00 bits per heavy atom. The lowest BCUT2D eigenvalue weighted by Crippen LogP contribution is -2.50. The van der Waals surface area contributed by atoms with Crippen LogP contribution in [0, 0.1) is 18.7 Å². The van der Waals surface area contributed by atoms with E-state index >= 15 is 4.39 Å². The number of amides is 1. The summed E-state index contributed by atoms with van der Waals surface area (Å²) in [7, 11) is 0. The van der Waals surface area contributed by atoms with E-state index in [4.69, 9.17) is 34.0 Å². The van der Waals surface area contributed by atoms with Gasteiger partial charge in [0.25, 0.3) is 0 Å². The summed E-state index contributed by atoms with van der Waals surface area (Å²) in [5, 5.41) is 7.03. The maximum absolute atomic E-state index is 17.2. The number of ether oxygens (including phenoxy) is 4. The predicted octanol–water partition coefficient (Wildman–Crippen LogP) is 12.0. The monoisotopic (exact) mass is 962 g/mol. The largest absolute Gasteiger partial charge is 0.486 e. The number of anilines is 1. The van der Waals surface area contributed by atoms with E-state index in [1.54, 1.807) is 6.07 Å². The summed E-state index contributed by atoms with van der Waals surface area (Å²) in [4.78, 5) is 28.3. The third kappa shape index (κ3) is 8.29. The average molecular weight is 963 g/mol. The first kappa shape index (κ1) is 45.8. The molecule has 0 radical (unpaired) electrons. The van der Waals surface area contributed by atoms with Crippen molar-refractivity contribution in [1.29, 1.82) is 0 Å². The van der Waals surface area contributed by atoms with Gasteiger partial charge in [-0.1, -0.05) is 121 Å². The lowest BCUT2D eigenvalue weighted by molar-refractivity contribution is 0.0214. The van der Waals surface area contributed by atoms with Gasteiger partial charge in [0.05, 0.1) is 30.8 Å². The Morgan fingerprint density at radius 1 is 0.764 bits per heavy atom. The maximum Gasteiger partial charge on any atom is 0.410 e. The first-order chi connectivity index (χ1) is 35.0. The lowest BCUT2D eigenvalue weighted by atomic mass is 9.77. The summed E-state index contributed by atoms with van der Waals surface area (Å²) in [6, 6.07) is 45.3. The number of rotatable bonds is 13. The number of halogens is 1. The van der Waals surface area contributed by atoms with E-state index in [0.717, 1.165) is 75.7 Å². The second-order valence-electron chi connectivity index (χ2n) is 21.0. The fourth-order valence-corrected chi connectivity index (χ4v) is 11.4. The molecule has 6 aromatic carbocycles. The summed E-state index contributed by atoms with van der Waals surface area (Å²) in [5.74, 6) is 1.29. The molecule has 72 heavy (non-hydrogen) atoms. The normalized spacial score (nSPS) is 18.9. The van der Waals surface area contributed by atoms with Crippen molar-refractivity contribution in [3.8, 4) is 22.9 Å². The molecule has 0 spiro atoms. The van der Waals surface area contributed by atoms with Crippen LogP contribution in [0.5, 0.6) is 11.8 Å². The molecule has 3 atom stereocenters. The minimum atomic E-state index is -0.938. The van der Waals surface area contributed by atoms with E-state index in [0.29, 0.717) is 60.8 Å². The zero-order valence-electron chi connectivity index (χ0n) is 41.3. The van der Waals surface area contributed by atoms with Crippen LogP contribution in [0.25, 0.3) is 32.9 Å². The quantitative estimate of drug-likeness (QED) is 0.104. The third-order valence-electron chi connectivity index (χ3n) is 15.0. The number of piperazine rings is 1. The minimum absolute atomic E-state index is 0.00974. The van der Waals surface area contributed by atoms with E-state index in [9.17, 15) is 4.79 Å². The summed E-state index contributed by atoms with van der Waals surface area (Å²) in [6.07, 6.45) is 5.41. The predicted molar refractivity (Wildman–Crippen MR) is 277 cm³/mol. The topological polar surface area (TPSA) is 104 Å². The van der Waals surface area contributed by atoms with Crippen molar-refractivity contribution in [3.63, 3.8) is 0 Å². The van der Waals surface area contributed by atoms with E-state index in [1.807, 2.05) is 73.7 Å². The molecule has 4 aliphatic rings. The fraction of sp³-hybridized carbons (Fsp3) is 0.333. The molecule has 1 saturated carbocycles. The zero-order valence-corrected chi connectivity index (χ0v) is 41.3. The number of hydrogen-bond donors (Lipinski definition) is 0. The van der Waals surface area contributed by atoms with Gasteiger partial charge in [0, 0.05) is 59.8 Å². The highest BCUT2D eigenvalue weighted by molar-refractivity contribution is 6.06. The van der Waals surface area contributed by atoms with Crippen LogP contribution in [0.3, 0.4) is 0 Å². The van der Waals surface area contributed by atoms with Crippen LogP contribution in [-0.4, -0.2) is 81.3 Å². The Balaban J connectivity index is 1.10. The molecule has 4 fully saturated rings. The fourth-order valence-electron chi connectivity index (χ4n) is 11.4. The second kappa shape index (κ2) is 18.4. The van der Waals surface area contributed by atoms with Crippen LogP contribution in [0.4, 0.5) is 15.0 Å². The smallest absolute Gasteiger partial charge is 0.410 e. The number of hydrogen-bond acceptors (Lipinski definition) is 9. The van der Waals surface area contributed by atoms with Gasteiger partial charge in [0.1, 0.15) is 34.9 Å². The summed E-state index contributed by atoms with van der Waals surface area (Å²) < 4.78 is 44.6. The number of fused-ring (bicyclic) bond motifs is 4. The highest BCUT2D eigenvalue weighted by Crippen LogP contribution is 2.54. The highest BCUT2D eigenvalue weighted by atomic mass is 19.1. The van der Waals surface area contributed by atoms with Crippen LogP contribution in [0.1, 0.15) is 85.8 Å². The molecule has 2 aromatic heterocycles. The van der Waals surface area contributed by atoms with Crippen molar-refractivity contribution in [1.82, 2.24) is 24.6 Å². The molecule has 11 nitrogen and oxygen atoms in total. The molecule has 2 bridgehead atoms. The molecule has 366 valence electrons. The van der Waals surface area contributed by atoms with E-state index in [-0.39, 0.29) is 48.4 Å². The number of benzene rings is 6.